The van der Waals surface area contributed by atoms with Gasteiger partial charge in [-0.1, -0.05) is 13.3 Å². The molecule has 0 aromatic rings. The molecule has 78 valence electrons. The van der Waals surface area contributed by atoms with Crippen LogP contribution in [-0.2, 0) is 14.3 Å². The van der Waals surface area contributed by atoms with Gasteiger partial charge in [-0.15, -0.1) is 0 Å². The van der Waals surface area contributed by atoms with Crippen molar-refractivity contribution in [3.63, 3.8) is 0 Å². The average Bonchev–Trinajstić information content (AvgIpc) is 2.16. The molecule has 13 heavy (non-hydrogen) atoms. The molecule has 0 saturated carbocycles. The molecule has 0 N–H and O–H groups in total. The fourth-order valence-electron chi connectivity index (χ4n) is 0.963. The maximum Gasteiger partial charge on any atom is 0.293 e. The summed E-state index contributed by atoms with van der Waals surface area (Å²) >= 11 is 0. The second-order valence-corrected chi connectivity index (χ2v) is 2.99. The van der Waals surface area contributed by atoms with E-state index < -0.39 is 0 Å². The highest BCUT2D eigenvalue weighted by molar-refractivity contribution is 5.36. The lowest BCUT2D eigenvalue weighted by Gasteiger charge is -2.02. The predicted octanol–water partition coefficient (Wildman–Crippen LogP) is 2.15. The Kier molecular flexibility index (Phi) is 10.9. The molecule has 0 amide bonds. The summed E-state index contributed by atoms with van der Waals surface area (Å²) in [4.78, 5) is 9.77. The number of ether oxygens (including phenoxy) is 2. The van der Waals surface area contributed by atoms with Crippen LogP contribution < -0.4 is 0 Å². The standard InChI is InChI=1S/C10H20O3/c1-2-3-7-12-8-5-4-6-9-13-10-11/h10H,2-9H2,1H3. The van der Waals surface area contributed by atoms with Crippen molar-refractivity contribution in [3.8, 4) is 0 Å². The third kappa shape index (κ3) is 11.4. The van der Waals surface area contributed by atoms with Gasteiger partial charge in [0.2, 0.25) is 0 Å². The quantitative estimate of drug-likeness (QED) is 0.389. The molecule has 0 aromatic heterocycles. The van der Waals surface area contributed by atoms with Gasteiger partial charge in [0.1, 0.15) is 0 Å². The molecule has 0 fully saturated rings. The number of hydrogen-bond acceptors (Lipinski definition) is 3. The Morgan fingerprint density at radius 1 is 1.00 bits per heavy atom. The minimum absolute atomic E-state index is 0.498. The van der Waals surface area contributed by atoms with E-state index >= 15 is 0 Å². The molecule has 3 nitrogen and oxygen atoms in total. The van der Waals surface area contributed by atoms with Crippen LogP contribution in [0.1, 0.15) is 39.0 Å². The first kappa shape index (κ1) is 12.4. The molecule has 0 unspecified atom stereocenters. The van der Waals surface area contributed by atoms with Gasteiger partial charge in [-0.25, -0.2) is 0 Å². The molecular formula is C10H20O3. The van der Waals surface area contributed by atoms with Crippen molar-refractivity contribution in [1.29, 1.82) is 0 Å². The van der Waals surface area contributed by atoms with Gasteiger partial charge in [-0.3, -0.25) is 4.79 Å². The number of hydrogen-bond donors (Lipinski definition) is 0. The van der Waals surface area contributed by atoms with Gasteiger partial charge in [0.25, 0.3) is 6.47 Å². The van der Waals surface area contributed by atoms with Crippen LogP contribution in [0.3, 0.4) is 0 Å². The topological polar surface area (TPSA) is 35.5 Å². The summed E-state index contributed by atoms with van der Waals surface area (Å²) in [5.74, 6) is 0. The van der Waals surface area contributed by atoms with E-state index in [0.717, 1.165) is 38.9 Å². The zero-order valence-electron chi connectivity index (χ0n) is 8.46. The van der Waals surface area contributed by atoms with E-state index in [1.807, 2.05) is 0 Å². The van der Waals surface area contributed by atoms with E-state index in [1.54, 1.807) is 0 Å². The third-order valence-electron chi connectivity index (χ3n) is 1.76. The maximum atomic E-state index is 9.77. The van der Waals surface area contributed by atoms with Gasteiger partial charge in [-0.05, 0) is 25.7 Å². The summed E-state index contributed by atoms with van der Waals surface area (Å²) in [6.45, 7) is 4.90. The lowest BCUT2D eigenvalue weighted by Crippen LogP contribution is -1.98. The van der Waals surface area contributed by atoms with Crippen molar-refractivity contribution < 1.29 is 14.3 Å². The van der Waals surface area contributed by atoms with Crippen LogP contribution in [0.2, 0.25) is 0 Å². The van der Waals surface area contributed by atoms with Gasteiger partial charge in [0, 0.05) is 13.2 Å². The van der Waals surface area contributed by atoms with Crippen LogP contribution >= 0.6 is 0 Å². The summed E-state index contributed by atoms with van der Waals surface area (Å²) in [6.07, 6.45) is 5.41. The minimum Gasteiger partial charge on any atom is -0.468 e. The molecule has 0 bridgehead atoms. The van der Waals surface area contributed by atoms with Crippen molar-refractivity contribution in [3.05, 3.63) is 0 Å². The van der Waals surface area contributed by atoms with Gasteiger partial charge < -0.3 is 9.47 Å². The molecule has 0 rings (SSSR count). The van der Waals surface area contributed by atoms with E-state index in [-0.39, 0.29) is 0 Å². The first-order valence-corrected chi connectivity index (χ1v) is 5.04. The first-order chi connectivity index (χ1) is 6.41. The molecule has 0 spiro atoms. The fraction of sp³-hybridized carbons (Fsp3) is 0.900. The van der Waals surface area contributed by atoms with E-state index in [2.05, 4.69) is 11.7 Å². The van der Waals surface area contributed by atoms with Crippen molar-refractivity contribution in [1.82, 2.24) is 0 Å². The molecule has 0 aliphatic carbocycles. The van der Waals surface area contributed by atoms with Crippen LogP contribution in [0.25, 0.3) is 0 Å². The molecular weight excluding hydrogens is 168 g/mol. The zero-order chi connectivity index (χ0) is 9.78. The van der Waals surface area contributed by atoms with E-state index in [1.165, 1.54) is 6.42 Å². The van der Waals surface area contributed by atoms with Crippen molar-refractivity contribution in [2.75, 3.05) is 19.8 Å². The fourth-order valence-corrected chi connectivity index (χ4v) is 0.963. The van der Waals surface area contributed by atoms with Crippen LogP contribution in [-0.4, -0.2) is 26.3 Å². The summed E-state index contributed by atoms with van der Waals surface area (Å²) in [5, 5.41) is 0. The molecule has 0 radical (unpaired) electrons. The van der Waals surface area contributed by atoms with Crippen LogP contribution in [0.15, 0.2) is 0 Å². The number of rotatable bonds is 10. The molecule has 3 heteroatoms. The largest absolute Gasteiger partial charge is 0.468 e. The third-order valence-corrected chi connectivity index (χ3v) is 1.76. The molecule has 0 atom stereocenters. The Hall–Kier alpha value is -0.570. The highest BCUT2D eigenvalue weighted by atomic mass is 16.5. The Balaban J connectivity index is 2.79. The minimum atomic E-state index is 0.498. The van der Waals surface area contributed by atoms with Crippen LogP contribution in [0, 0.1) is 0 Å². The predicted molar refractivity (Wildman–Crippen MR) is 51.6 cm³/mol. The van der Waals surface area contributed by atoms with E-state index in [0.29, 0.717) is 13.1 Å². The Morgan fingerprint density at radius 3 is 2.38 bits per heavy atom. The summed E-state index contributed by atoms with van der Waals surface area (Å²) in [7, 11) is 0. The van der Waals surface area contributed by atoms with E-state index in [9.17, 15) is 4.79 Å². The second-order valence-electron chi connectivity index (χ2n) is 2.99. The van der Waals surface area contributed by atoms with Crippen molar-refractivity contribution in [2.45, 2.75) is 39.0 Å². The highest BCUT2D eigenvalue weighted by Gasteiger charge is 1.90. The Bertz CT molecular complexity index is 104. The summed E-state index contributed by atoms with van der Waals surface area (Å²) < 4.78 is 9.93. The highest BCUT2D eigenvalue weighted by Crippen LogP contribution is 1.97. The molecule has 0 aromatic carbocycles. The molecule has 0 saturated heterocycles. The van der Waals surface area contributed by atoms with E-state index in [4.69, 9.17) is 4.74 Å². The number of carbonyl (C=O) groups excluding carboxylic acids is 1. The summed E-state index contributed by atoms with van der Waals surface area (Å²) in [6, 6.07) is 0. The van der Waals surface area contributed by atoms with Gasteiger partial charge in [0.05, 0.1) is 6.61 Å². The monoisotopic (exact) mass is 188 g/mol. The van der Waals surface area contributed by atoms with Gasteiger partial charge in [0.15, 0.2) is 0 Å². The van der Waals surface area contributed by atoms with Crippen molar-refractivity contribution >= 4 is 6.47 Å². The normalized spacial score (nSPS) is 9.92. The molecule has 0 heterocycles. The number of carbonyl (C=O) groups is 1. The van der Waals surface area contributed by atoms with Crippen molar-refractivity contribution in [2.24, 2.45) is 0 Å². The zero-order valence-corrected chi connectivity index (χ0v) is 8.46. The SMILES string of the molecule is CCCCOCCCCCOC=O. The maximum absolute atomic E-state index is 9.77. The van der Waals surface area contributed by atoms with Gasteiger partial charge in [-0.2, -0.15) is 0 Å². The number of unbranched alkanes of at least 4 members (excludes halogenated alkanes) is 3. The van der Waals surface area contributed by atoms with Crippen LogP contribution in [0.4, 0.5) is 0 Å². The molecule has 0 aliphatic rings. The second kappa shape index (κ2) is 11.4. The molecule has 0 aliphatic heterocycles. The Labute approximate surface area is 80.4 Å². The Morgan fingerprint density at radius 2 is 1.69 bits per heavy atom. The average molecular weight is 188 g/mol. The first-order valence-electron chi connectivity index (χ1n) is 5.04. The van der Waals surface area contributed by atoms with Crippen LogP contribution in [0.5, 0.6) is 0 Å². The smallest absolute Gasteiger partial charge is 0.293 e. The lowest BCUT2D eigenvalue weighted by molar-refractivity contribution is -0.128. The lowest BCUT2D eigenvalue weighted by atomic mass is 10.2. The summed E-state index contributed by atoms with van der Waals surface area (Å²) in [5.41, 5.74) is 0. The van der Waals surface area contributed by atoms with Gasteiger partial charge >= 0.3 is 0 Å².